The summed E-state index contributed by atoms with van der Waals surface area (Å²) in [5, 5.41) is 12.4. The molecule has 2 heterocycles. The lowest BCUT2D eigenvalue weighted by molar-refractivity contribution is -0.132. The second-order valence-electron chi connectivity index (χ2n) is 6.21. The molecule has 0 spiro atoms. The Morgan fingerprint density at radius 1 is 0.885 bits per heavy atom. The van der Waals surface area contributed by atoms with Crippen molar-refractivity contribution in [2.45, 2.75) is 6.54 Å². The van der Waals surface area contributed by atoms with Gasteiger partial charge in [0.2, 0.25) is 11.7 Å². The van der Waals surface area contributed by atoms with E-state index < -0.39 is 0 Å². The second-order valence-corrected chi connectivity index (χ2v) is 6.21. The van der Waals surface area contributed by atoms with Crippen LogP contribution in [0.3, 0.4) is 0 Å². The fraction of sp³-hybridized carbons (Fsp3) is 0.263. The lowest BCUT2D eigenvalue weighted by Crippen LogP contribution is -2.49. The van der Waals surface area contributed by atoms with Crippen LogP contribution >= 0.6 is 0 Å². The molecular formula is C19H20N6O. The maximum atomic E-state index is 12.5. The Labute approximate surface area is 151 Å². The zero-order valence-corrected chi connectivity index (χ0v) is 14.4. The maximum absolute atomic E-state index is 12.5. The van der Waals surface area contributed by atoms with E-state index in [1.807, 2.05) is 53.4 Å². The molecule has 1 fully saturated rings. The van der Waals surface area contributed by atoms with Crippen LogP contribution in [0.2, 0.25) is 0 Å². The predicted octanol–water partition coefficient (Wildman–Crippen LogP) is 1.69. The number of hydrogen-bond acceptors (Lipinski definition) is 5. The molecule has 1 aromatic heterocycles. The molecular weight excluding hydrogens is 328 g/mol. The molecule has 1 aliphatic heterocycles. The lowest BCUT2D eigenvalue weighted by atomic mass is 10.2. The molecule has 0 saturated carbocycles. The highest BCUT2D eigenvalue weighted by atomic mass is 16.2. The molecule has 4 rings (SSSR count). The van der Waals surface area contributed by atoms with Gasteiger partial charge in [0, 0.05) is 37.4 Å². The zero-order chi connectivity index (χ0) is 17.8. The van der Waals surface area contributed by atoms with Crippen molar-refractivity contribution in [1.82, 2.24) is 25.1 Å². The molecule has 132 valence electrons. The fourth-order valence-electron chi connectivity index (χ4n) is 3.09. The van der Waals surface area contributed by atoms with E-state index in [2.05, 4.69) is 32.4 Å². The minimum atomic E-state index is 0.0229. The van der Waals surface area contributed by atoms with Crippen LogP contribution in [0.15, 0.2) is 60.7 Å². The van der Waals surface area contributed by atoms with E-state index >= 15 is 0 Å². The Hall–Kier alpha value is -3.22. The molecule has 0 radical (unpaired) electrons. The first-order chi connectivity index (χ1) is 12.8. The van der Waals surface area contributed by atoms with Crippen LogP contribution in [0.5, 0.6) is 0 Å². The van der Waals surface area contributed by atoms with Gasteiger partial charge in [-0.2, -0.15) is 4.80 Å². The van der Waals surface area contributed by atoms with Gasteiger partial charge in [0.05, 0.1) is 0 Å². The third kappa shape index (κ3) is 3.56. The summed E-state index contributed by atoms with van der Waals surface area (Å²) in [6, 6.07) is 19.9. The van der Waals surface area contributed by atoms with Crippen molar-refractivity contribution in [2.24, 2.45) is 0 Å². The molecule has 7 heteroatoms. The number of benzene rings is 2. The molecule has 0 aliphatic carbocycles. The Morgan fingerprint density at radius 3 is 2.23 bits per heavy atom. The zero-order valence-electron chi connectivity index (χ0n) is 14.4. The molecule has 0 bridgehead atoms. The Bertz CT molecular complexity index is 856. The van der Waals surface area contributed by atoms with Crippen molar-refractivity contribution in [3.8, 4) is 11.4 Å². The van der Waals surface area contributed by atoms with Crippen LogP contribution in [0.1, 0.15) is 0 Å². The number of carbonyl (C=O) groups is 1. The third-order valence-electron chi connectivity index (χ3n) is 4.52. The SMILES string of the molecule is O=C(Cn1nnc(-c2ccccc2)n1)N1CCN(c2ccccc2)CC1. The first kappa shape index (κ1) is 16.3. The average Bonchev–Trinajstić information content (AvgIpc) is 3.18. The largest absolute Gasteiger partial charge is 0.368 e. The minimum Gasteiger partial charge on any atom is -0.368 e. The van der Waals surface area contributed by atoms with Crippen LogP contribution in [0, 0.1) is 0 Å². The molecule has 2 aromatic carbocycles. The van der Waals surface area contributed by atoms with E-state index in [0.717, 1.165) is 18.7 Å². The number of hydrogen-bond donors (Lipinski definition) is 0. The van der Waals surface area contributed by atoms with Gasteiger partial charge in [-0.05, 0) is 17.3 Å². The number of amides is 1. The van der Waals surface area contributed by atoms with E-state index in [1.165, 1.54) is 10.5 Å². The van der Waals surface area contributed by atoms with Crippen molar-refractivity contribution >= 4 is 11.6 Å². The highest BCUT2D eigenvalue weighted by Crippen LogP contribution is 2.16. The van der Waals surface area contributed by atoms with Gasteiger partial charge in [-0.1, -0.05) is 48.5 Å². The Morgan fingerprint density at radius 2 is 1.54 bits per heavy atom. The van der Waals surface area contributed by atoms with Crippen molar-refractivity contribution in [2.75, 3.05) is 31.1 Å². The third-order valence-corrected chi connectivity index (χ3v) is 4.52. The average molecular weight is 348 g/mol. The second kappa shape index (κ2) is 7.35. The minimum absolute atomic E-state index is 0.0229. The lowest BCUT2D eigenvalue weighted by Gasteiger charge is -2.36. The summed E-state index contributed by atoms with van der Waals surface area (Å²) in [5.74, 6) is 0.557. The maximum Gasteiger partial charge on any atom is 0.246 e. The highest BCUT2D eigenvalue weighted by molar-refractivity contribution is 5.76. The molecule has 0 N–H and O–H groups in total. The van der Waals surface area contributed by atoms with Crippen molar-refractivity contribution in [1.29, 1.82) is 0 Å². The molecule has 1 amide bonds. The molecule has 1 aliphatic rings. The number of piperazine rings is 1. The van der Waals surface area contributed by atoms with Crippen LogP contribution in [-0.4, -0.2) is 57.2 Å². The van der Waals surface area contributed by atoms with Gasteiger partial charge in [0.25, 0.3) is 0 Å². The topological polar surface area (TPSA) is 67.2 Å². The molecule has 7 nitrogen and oxygen atoms in total. The summed E-state index contributed by atoms with van der Waals surface area (Å²) < 4.78 is 0. The number of rotatable bonds is 4. The Kier molecular flexibility index (Phi) is 4.59. The van der Waals surface area contributed by atoms with E-state index in [0.29, 0.717) is 18.9 Å². The summed E-state index contributed by atoms with van der Waals surface area (Å²) in [6.45, 7) is 3.18. The van der Waals surface area contributed by atoms with E-state index in [9.17, 15) is 4.79 Å². The first-order valence-corrected chi connectivity index (χ1v) is 8.70. The molecule has 0 unspecified atom stereocenters. The van der Waals surface area contributed by atoms with Gasteiger partial charge in [-0.3, -0.25) is 4.79 Å². The summed E-state index contributed by atoms with van der Waals surface area (Å²) >= 11 is 0. The van der Waals surface area contributed by atoms with E-state index in [4.69, 9.17) is 0 Å². The number of nitrogens with zero attached hydrogens (tertiary/aromatic N) is 6. The predicted molar refractivity (Wildman–Crippen MR) is 98.5 cm³/mol. The summed E-state index contributed by atoms with van der Waals surface area (Å²) in [7, 11) is 0. The van der Waals surface area contributed by atoms with Crippen LogP contribution in [-0.2, 0) is 11.3 Å². The molecule has 3 aromatic rings. The van der Waals surface area contributed by atoms with Crippen LogP contribution < -0.4 is 4.90 Å². The van der Waals surface area contributed by atoms with Crippen LogP contribution in [0.4, 0.5) is 5.69 Å². The van der Waals surface area contributed by atoms with Crippen molar-refractivity contribution in [3.05, 3.63) is 60.7 Å². The summed E-state index contributed by atoms with van der Waals surface area (Å²) in [6.07, 6.45) is 0. The normalized spacial score (nSPS) is 14.5. The standard InChI is InChI=1S/C19H20N6O/c26-18(15-25-21-19(20-22-25)16-7-3-1-4-8-16)24-13-11-23(12-14-24)17-9-5-2-6-10-17/h1-10H,11-15H2. The van der Waals surface area contributed by atoms with Gasteiger partial charge >= 0.3 is 0 Å². The number of anilines is 1. The highest BCUT2D eigenvalue weighted by Gasteiger charge is 2.22. The van der Waals surface area contributed by atoms with E-state index in [-0.39, 0.29) is 12.5 Å². The summed E-state index contributed by atoms with van der Waals surface area (Å²) in [4.78, 5) is 18.1. The van der Waals surface area contributed by atoms with Gasteiger partial charge < -0.3 is 9.80 Å². The molecule has 26 heavy (non-hydrogen) atoms. The van der Waals surface area contributed by atoms with Crippen molar-refractivity contribution < 1.29 is 4.79 Å². The van der Waals surface area contributed by atoms with Gasteiger partial charge in [0.15, 0.2) is 0 Å². The van der Waals surface area contributed by atoms with Gasteiger partial charge in [0.1, 0.15) is 6.54 Å². The number of carbonyl (C=O) groups excluding carboxylic acids is 1. The Balaban J connectivity index is 1.34. The van der Waals surface area contributed by atoms with E-state index in [1.54, 1.807) is 0 Å². The van der Waals surface area contributed by atoms with Gasteiger partial charge in [-0.15, -0.1) is 10.2 Å². The summed E-state index contributed by atoms with van der Waals surface area (Å²) in [5.41, 5.74) is 2.09. The smallest absolute Gasteiger partial charge is 0.246 e. The fourth-order valence-corrected chi connectivity index (χ4v) is 3.09. The van der Waals surface area contributed by atoms with Crippen molar-refractivity contribution in [3.63, 3.8) is 0 Å². The van der Waals surface area contributed by atoms with Crippen LogP contribution in [0.25, 0.3) is 11.4 Å². The monoisotopic (exact) mass is 348 g/mol. The quantitative estimate of drug-likeness (QED) is 0.718. The number of para-hydroxylation sites is 1. The molecule has 0 atom stereocenters. The molecule has 1 saturated heterocycles. The number of aromatic nitrogens is 4. The number of tetrazole rings is 1. The van der Waals surface area contributed by atoms with Gasteiger partial charge in [-0.25, -0.2) is 0 Å². The first-order valence-electron chi connectivity index (χ1n) is 8.70.